The van der Waals surface area contributed by atoms with E-state index in [1.807, 2.05) is 32.9 Å². The molecule has 2 aliphatic carbocycles. The highest BCUT2D eigenvalue weighted by Gasteiger charge is 2.39. The van der Waals surface area contributed by atoms with Crippen LogP contribution in [0.4, 0.5) is 0 Å². The maximum Gasteiger partial charge on any atom is 0.169 e. The number of benzene rings is 1. The second-order valence-corrected chi connectivity index (χ2v) is 8.83. The second-order valence-electron chi connectivity index (χ2n) is 8.83. The van der Waals surface area contributed by atoms with Crippen molar-refractivity contribution >= 4 is 23.1 Å². The molecular weight excluding hydrogens is 364 g/mol. The van der Waals surface area contributed by atoms with E-state index in [-0.39, 0.29) is 40.9 Å². The maximum absolute atomic E-state index is 12.9. The van der Waals surface area contributed by atoms with Gasteiger partial charge in [-0.05, 0) is 76.3 Å². The maximum atomic E-state index is 12.9. The molecule has 0 radical (unpaired) electrons. The van der Waals surface area contributed by atoms with Crippen LogP contribution in [0.3, 0.4) is 0 Å². The largest absolute Gasteiger partial charge is 0.295 e. The van der Waals surface area contributed by atoms with Crippen LogP contribution in [0.1, 0.15) is 85.2 Å². The molecule has 154 valence electrons. The molecule has 0 aliphatic heterocycles. The van der Waals surface area contributed by atoms with Crippen LogP contribution < -0.4 is 0 Å². The van der Waals surface area contributed by atoms with E-state index in [0.717, 1.165) is 35.1 Å². The summed E-state index contributed by atoms with van der Waals surface area (Å²) in [6, 6.07) is 3.69. The zero-order valence-corrected chi connectivity index (χ0v) is 18.1. The molecule has 3 unspecified atom stereocenters. The lowest BCUT2D eigenvalue weighted by atomic mass is 9.67. The van der Waals surface area contributed by atoms with E-state index in [2.05, 4.69) is 0 Å². The summed E-state index contributed by atoms with van der Waals surface area (Å²) in [5, 5.41) is 0. The molecular formula is C25H30O4. The third-order valence-corrected chi connectivity index (χ3v) is 6.72. The SMILES string of the molecule is CCC1C(=O)C(C(C)=O)=C(C)CC1CC1CC(=O)c2c(C)ccc(C(C)=O)c2C1. The van der Waals surface area contributed by atoms with Crippen LogP contribution in [0.5, 0.6) is 0 Å². The van der Waals surface area contributed by atoms with Crippen molar-refractivity contribution < 1.29 is 19.2 Å². The fourth-order valence-corrected chi connectivity index (χ4v) is 5.50. The second kappa shape index (κ2) is 8.17. The molecule has 0 saturated carbocycles. The Hall–Kier alpha value is -2.36. The molecule has 3 atom stereocenters. The van der Waals surface area contributed by atoms with Crippen molar-refractivity contribution in [1.82, 2.24) is 0 Å². The molecule has 4 heteroatoms. The van der Waals surface area contributed by atoms with Crippen LogP contribution in [0.2, 0.25) is 0 Å². The molecule has 4 nitrogen and oxygen atoms in total. The molecule has 1 aromatic rings. The Bertz CT molecular complexity index is 934. The predicted molar refractivity (Wildman–Crippen MR) is 112 cm³/mol. The summed E-state index contributed by atoms with van der Waals surface area (Å²) in [4.78, 5) is 49.9. The summed E-state index contributed by atoms with van der Waals surface area (Å²) < 4.78 is 0. The number of carbonyl (C=O) groups excluding carboxylic acids is 4. The smallest absolute Gasteiger partial charge is 0.169 e. The predicted octanol–water partition coefficient (Wildman–Crippen LogP) is 4.85. The van der Waals surface area contributed by atoms with Crippen molar-refractivity contribution in [2.45, 2.75) is 66.7 Å². The Morgan fingerprint density at radius 3 is 2.28 bits per heavy atom. The molecule has 0 heterocycles. The number of hydrogen-bond donors (Lipinski definition) is 0. The molecule has 0 N–H and O–H groups in total. The van der Waals surface area contributed by atoms with Gasteiger partial charge in [-0.2, -0.15) is 0 Å². The normalized spacial score (nSPS) is 24.5. The topological polar surface area (TPSA) is 68.3 Å². The first-order chi connectivity index (χ1) is 13.6. The molecule has 0 spiro atoms. The van der Waals surface area contributed by atoms with Crippen molar-refractivity contribution in [3.63, 3.8) is 0 Å². The molecule has 1 aromatic carbocycles. The number of aryl methyl sites for hydroxylation is 1. The molecule has 3 rings (SSSR count). The number of hydrogen-bond acceptors (Lipinski definition) is 4. The third kappa shape index (κ3) is 3.90. The van der Waals surface area contributed by atoms with Gasteiger partial charge in [-0.25, -0.2) is 0 Å². The number of Topliss-reactive ketones (excluding diaryl/α,β-unsaturated/α-hetero) is 4. The summed E-state index contributed by atoms with van der Waals surface area (Å²) in [5.74, 6) is -0.000247. The van der Waals surface area contributed by atoms with Gasteiger partial charge in [-0.1, -0.05) is 24.6 Å². The van der Waals surface area contributed by atoms with Gasteiger partial charge in [0.05, 0.1) is 5.57 Å². The zero-order valence-electron chi connectivity index (χ0n) is 18.1. The highest BCUT2D eigenvalue weighted by Crippen LogP contribution is 2.41. The number of allylic oxidation sites excluding steroid dienone is 2. The Morgan fingerprint density at radius 2 is 1.69 bits per heavy atom. The van der Waals surface area contributed by atoms with Crippen LogP contribution in [-0.2, 0) is 16.0 Å². The van der Waals surface area contributed by atoms with Gasteiger partial charge < -0.3 is 0 Å². The van der Waals surface area contributed by atoms with Gasteiger partial charge in [0.1, 0.15) is 0 Å². The van der Waals surface area contributed by atoms with E-state index >= 15 is 0 Å². The van der Waals surface area contributed by atoms with E-state index in [1.165, 1.54) is 6.92 Å². The summed E-state index contributed by atoms with van der Waals surface area (Å²) in [6.45, 7) is 8.80. The number of fused-ring (bicyclic) bond motifs is 1. The number of rotatable bonds is 5. The molecule has 0 bridgehead atoms. The number of ketones is 4. The van der Waals surface area contributed by atoms with Crippen molar-refractivity contribution in [3.05, 3.63) is 45.5 Å². The fraction of sp³-hybridized carbons (Fsp3) is 0.520. The highest BCUT2D eigenvalue weighted by molar-refractivity contribution is 6.21. The van der Waals surface area contributed by atoms with Crippen molar-refractivity contribution in [2.24, 2.45) is 17.8 Å². The first-order valence-corrected chi connectivity index (χ1v) is 10.6. The third-order valence-electron chi connectivity index (χ3n) is 6.72. The van der Waals surface area contributed by atoms with E-state index in [1.54, 1.807) is 6.92 Å². The average molecular weight is 395 g/mol. The summed E-state index contributed by atoms with van der Waals surface area (Å²) in [5.41, 5.74) is 4.43. The van der Waals surface area contributed by atoms with Crippen molar-refractivity contribution in [3.8, 4) is 0 Å². The molecule has 0 aromatic heterocycles. The first kappa shape index (κ1) is 21.4. The molecule has 29 heavy (non-hydrogen) atoms. The summed E-state index contributed by atoms with van der Waals surface area (Å²) >= 11 is 0. The lowest BCUT2D eigenvalue weighted by Gasteiger charge is -2.35. The van der Waals surface area contributed by atoms with E-state index in [9.17, 15) is 19.2 Å². The molecule has 0 amide bonds. The highest BCUT2D eigenvalue weighted by atomic mass is 16.2. The van der Waals surface area contributed by atoms with E-state index in [0.29, 0.717) is 30.4 Å². The first-order valence-electron chi connectivity index (χ1n) is 10.6. The lowest BCUT2D eigenvalue weighted by Crippen LogP contribution is -2.35. The average Bonchev–Trinajstić information content (AvgIpc) is 2.60. The zero-order chi connectivity index (χ0) is 21.5. The van der Waals surface area contributed by atoms with Crippen LogP contribution in [-0.4, -0.2) is 23.1 Å². The lowest BCUT2D eigenvalue weighted by molar-refractivity contribution is -0.125. The van der Waals surface area contributed by atoms with Gasteiger partial charge in [0, 0.05) is 23.5 Å². The Morgan fingerprint density at radius 1 is 1.00 bits per heavy atom. The van der Waals surface area contributed by atoms with Gasteiger partial charge in [0.2, 0.25) is 0 Å². The molecule has 0 fully saturated rings. The van der Waals surface area contributed by atoms with Crippen LogP contribution in [0.15, 0.2) is 23.3 Å². The Balaban J connectivity index is 1.90. The minimum atomic E-state index is -0.168. The minimum absolute atomic E-state index is 0.0149. The summed E-state index contributed by atoms with van der Waals surface area (Å²) in [7, 11) is 0. The molecule has 0 saturated heterocycles. The minimum Gasteiger partial charge on any atom is -0.295 e. The number of carbonyl (C=O) groups is 4. The standard InChI is InChI=1S/C25H30O4/c1-6-19-18(9-14(3)23(16(5)27)25(19)29)10-17-11-21-20(15(4)26)8-7-13(2)24(21)22(28)12-17/h7-8,17-19H,6,9-12H2,1-5H3. The summed E-state index contributed by atoms with van der Waals surface area (Å²) in [6.07, 6.45) is 3.34. The van der Waals surface area contributed by atoms with Gasteiger partial charge >= 0.3 is 0 Å². The molecule has 2 aliphatic rings. The Kier molecular flexibility index (Phi) is 6.02. The van der Waals surface area contributed by atoms with E-state index < -0.39 is 0 Å². The van der Waals surface area contributed by atoms with Crippen LogP contribution in [0, 0.1) is 24.7 Å². The fourth-order valence-electron chi connectivity index (χ4n) is 5.50. The van der Waals surface area contributed by atoms with Crippen molar-refractivity contribution in [2.75, 3.05) is 0 Å². The monoisotopic (exact) mass is 394 g/mol. The van der Waals surface area contributed by atoms with Gasteiger partial charge in [-0.15, -0.1) is 0 Å². The van der Waals surface area contributed by atoms with Crippen molar-refractivity contribution in [1.29, 1.82) is 0 Å². The quantitative estimate of drug-likeness (QED) is 0.529. The van der Waals surface area contributed by atoms with Crippen LogP contribution >= 0.6 is 0 Å². The van der Waals surface area contributed by atoms with Crippen LogP contribution in [0.25, 0.3) is 0 Å². The van der Waals surface area contributed by atoms with E-state index in [4.69, 9.17) is 0 Å². The van der Waals surface area contributed by atoms with Gasteiger partial charge in [0.25, 0.3) is 0 Å². The van der Waals surface area contributed by atoms with Gasteiger partial charge in [-0.3, -0.25) is 19.2 Å². The Labute approximate surface area is 172 Å². The van der Waals surface area contributed by atoms with Gasteiger partial charge in [0.15, 0.2) is 23.1 Å².